The Morgan fingerprint density at radius 3 is 2.69 bits per heavy atom. The van der Waals surface area contributed by atoms with Crippen LogP contribution in [0.1, 0.15) is 12.0 Å². The summed E-state index contributed by atoms with van der Waals surface area (Å²) in [6.45, 7) is 0. The van der Waals surface area contributed by atoms with Gasteiger partial charge in [0.1, 0.15) is 0 Å². The number of ether oxygens (including phenoxy) is 1. The van der Waals surface area contributed by atoms with Crippen molar-refractivity contribution in [3.05, 3.63) is 35.9 Å². The number of benzene rings is 1. The number of alkyl halides is 1. The highest BCUT2D eigenvalue weighted by atomic mass is 35.5. The first-order chi connectivity index (χ1) is 7.81. The molecule has 1 atom stereocenters. The van der Waals surface area contributed by atoms with Gasteiger partial charge in [-0.1, -0.05) is 18.2 Å². The van der Waals surface area contributed by atoms with E-state index < -0.39 is 0 Å². The Kier molecular flexibility index (Phi) is 5.38. The van der Waals surface area contributed by atoms with E-state index in [0.29, 0.717) is 18.2 Å². The minimum atomic E-state index is -0.221. The molecule has 0 spiro atoms. The van der Waals surface area contributed by atoms with Gasteiger partial charge in [0.05, 0.1) is 25.6 Å². The maximum atomic E-state index is 8.61. The molecule has 0 aliphatic carbocycles. The van der Waals surface area contributed by atoms with Crippen LogP contribution in [0.4, 0.5) is 0 Å². The van der Waals surface area contributed by atoms with Crippen molar-refractivity contribution in [1.29, 1.82) is 5.26 Å². The molecule has 16 heavy (non-hydrogen) atoms. The van der Waals surface area contributed by atoms with Crippen molar-refractivity contribution < 1.29 is 4.74 Å². The third-order valence-corrected chi connectivity index (χ3v) is 2.38. The van der Waals surface area contributed by atoms with E-state index in [1.54, 1.807) is 7.11 Å². The summed E-state index contributed by atoms with van der Waals surface area (Å²) in [6, 6.07) is 11.4. The molecule has 84 valence electrons. The van der Waals surface area contributed by atoms with Crippen molar-refractivity contribution in [3.63, 3.8) is 0 Å². The molecule has 1 aromatic rings. The number of nitrogens with zero attached hydrogens (tertiary/aromatic N) is 2. The van der Waals surface area contributed by atoms with Crippen LogP contribution >= 0.6 is 11.6 Å². The molecule has 0 radical (unpaired) electrons. The Labute approximate surface area is 100 Å². The number of hydrogen-bond donors (Lipinski definition) is 0. The van der Waals surface area contributed by atoms with Crippen molar-refractivity contribution >= 4 is 17.5 Å². The fourth-order valence-corrected chi connectivity index (χ4v) is 1.41. The Bertz CT molecular complexity index is 384. The SMILES string of the molecule is COC(=NC(CCl)CC#N)c1ccccc1. The third kappa shape index (κ3) is 3.56. The summed E-state index contributed by atoms with van der Waals surface area (Å²) in [5.74, 6) is 0.828. The summed E-state index contributed by atoms with van der Waals surface area (Å²) in [4.78, 5) is 4.31. The van der Waals surface area contributed by atoms with E-state index in [4.69, 9.17) is 21.6 Å². The molecule has 1 unspecified atom stereocenters. The van der Waals surface area contributed by atoms with Gasteiger partial charge in [0, 0.05) is 11.4 Å². The van der Waals surface area contributed by atoms with Crippen molar-refractivity contribution in [2.45, 2.75) is 12.5 Å². The van der Waals surface area contributed by atoms with Gasteiger partial charge < -0.3 is 4.74 Å². The van der Waals surface area contributed by atoms with Gasteiger partial charge >= 0.3 is 0 Å². The Morgan fingerprint density at radius 2 is 2.19 bits per heavy atom. The van der Waals surface area contributed by atoms with Crippen LogP contribution in [0, 0.1) is 11.3 Å². The lowest BCUT2D eigenvalue weighted by molar-refractivity contribution is 0.400. The van der Waals surface area contributed by atoms with E-state index in [0.717, 1.165) is 5.56 Å². The summed E-state index contributed by atoms with van der Waals surface area (Å²) < 4.78 is 5.20. The van der Waals surface area contributed by atoms with Crippen LogP contribution in [0.15, 0.2) is 35.3 Å². The number of nitriles is 1. The van der Waals surface area contributed by atoms with Crippen molar-refractivity contribution in [2.24, 2.45) is 4.99 Å². The second-order valence-corrected chi connectivity index (χ2v) is 3.48. The summed E-state index contributed by atoms with van der Waals surface area (Å²) in [7, 11) is 1.56. The molecule has 0 amide bonds. The molecule has 0 heterocycles. The van der Waals surface area contributed by atoms with Gasteiger partial charge in [-0.3, -0.25) is 0 Å². The van der Waals surface area contributed by atoms with Gasteiger partial charge in [-0.05, 0) is 12.1 Å². The average Bonchev–Trinajstić information content (AvgIpc) is 2.35. The largest absolute Gasteiger partial charge is 0.481 e. The van der Waals surface area contributed by atoms with E-state index in [-0.39, 0.29) is 6.04 Å². The Morgan fingerprint density at radius 1 is 1.50 bits per heavy atom. The topological polar surface area (TPSA) is 45.4 Å². The predicted molar refractivity (Wildman–Crippen MR) is 64.7 cm³/mol. The van der Waals surface area contributed by atoms with Crippen molar-refractivity contribution in [3.8, 4) is 6.07 Å². The molecule has 3 nitrogen and oxygen atoms in total. The highest BCUT2D eigenvalue weighted by molar-refractivity contribution is 6.18. The summed E-state index contributed by atoms with van der Waals surface area (Å²) >= 11 is 5.72. The Hall–Kier alpha value is -1.53. The minimum Gasteiger partial charge on any atom is -0.481 e. The first kappa shape index (κ1) is 12.5. The standard InChI is InChI=1S/C12H13ClN2O/c1-16-12(10-5-3-2-4-6-10)15-11(9-13)7-8-14/h2-6,11H,7,9H2,1H3. The fourth-order valence-electron chi connectivity index (χ4n) is 1.23. The second kappa shape index (κ2) is 6.86. The van der Waals surface area contributed by atoms with Crippen molar-refractivity contribution in [1.82, 2.24) is 0 Å². The van der Waals surface area contributed by atoms with E-state index in [9.17, 15) is 0 Å². The van der Waals surface area contributed by atoms with E-state index in [1.165, 1.54) is 0 Å². The number of halogens is 1. The minimum absolute atomic E-state index is 0.221. The lowest BCUT2D eigenvalue weighted by Gasteiger charge is -2.09. The number of rotatable bonds is 4. The van der Waals surface area contributed by atoms with Gasteiger partial charge in [0.15, 0.2) is 0 Å². The average molecular weight is 237 g/mol. The normalized spacial score (nSPS) is 12.9. The third-order valence-electron chi connectivity index (χ3n) is 2.02. The molecule has 1 rings (SSSR count). The highest BCUT2D eigenvalue weighted by Gasteiger charge is 2.09. The maximum absolute atomic E-state index is 8.61. The first-order valence-electron chi connectivity index (χ1n) is 4.92. The molecule has 0 aliphatic heterocycles. The Balaban J connectivity index is 2.89. The van der Waals surface area contributed by atoms with Gasteiger partial charge in [-0.15, -0.1) is 11.6 Å². The van der Waals surface area contributed by atoms with Crippen LogP contribution in [0.3, 0.4) is 0 Å². The van der Waals surface area contributed by atoms with Crippen LogP contribution in [0.2, 0.25) is 0 Å². The van der Waals surface area contributed by atoms with Crippen LogP contribution in [0.5, 0.6) is 0 Å². The molecule has 0 aromatic heterocycles. The zero-order chi connectivity index (χ0) is 11.8. The lowest BCUT2D eigenvalue weighted by atomic mass is 10.2. The van der Waals surface area contributed by atoms with Crippen LogP contribution in [0.25, 0.3) is 0 Å². The zero-order valence-corrected chi connectivity index (χ0v) is 9.81. The lowest BCUT2D eigenvalue weighted by Crippen LogP contribution is -2.12. The first-order valence-corrected chi connectivity index (χ1v) is 5.45. The van der Waals surface area contributed by atoms with E-state index in [1.807, 2.05) is 30.3 Å². The second-order valence-electron chi connectivity index (χ2n) is 3.17. The van der Waals surface area contributed by atoms with Crippen molar-refractivity contribution in [2.75, 3.05) is 13.0 Å². The molecule has 0 bridgehead atoms. The van der Waals surface area contributed by atoms with Gasteiger partial charge in [-0.25, -0.2) is 4.99 Å². The molecular weight excluding hydrogens is 224 g/mol. The number of hydrogen-bond acceptors (Lipinski definition) is 3. The molecule has 0 N–H and O–H groups in total. The molecular formula is C12H13ClN2O. The van der Waals surface area contributed by atoms with E-state index >= 15 is 0 Å². The molecule has 0 fully saturated rings. The van der Waals surface area contributed by atoms with Crippen LogP contribution in [-0.2, 0) is 4.74 Å². The number of methoxy groups -OCH3 is 1. The smallest absolute Gasteiger partial charge is 0.216 e. The van der Waals surface area contributed by atoms with Crippen LogP contribution in [-0.4, -0.2) is 24.9 Å². The monoisotopic (exact) mass is 236 g/mol. The molecule has 1 aromatic carbocycles. The predicted octanol–water partition coefficient (Wildman–Crippen LogP) is 2.60. The highest BCUT2D eigenvalue weighted by Crippen LogP contribution is 2.07. The molecule has 0 aliphatic rings. The number of aliphatic imine (C=N–C) groups is 1. The quantitative estimate of drug-likeness (QED) is 0.458. The van der Waals surface area contributed by atoms with Gasteiger partial charge in [0.25, 0.3) is 0 Å². The van der Waals surface area contributed by atoms with Gasteiger partial charge in [0.2, 0.25) is 5.90 Å². The molecule has 0 saturated carbocycles. The summed E-state index contributed by atoms with van der Waals surface area (Å²) in [6.07, 6.45) is 0.295. The van der Waals surface area contributed by atoms with Gasteiger partial charge in [-0.2, -0.15) is 5.26 Å². The fraction of sp³-hybridized carbons (Fsp3) is 0.333. The van der Waals surface area contributed by atoms with E-state index in [2.05, 4.69) is 11.1 Å². The summed E-state index contributed by atoms with van der Waals surface area (Å²) in [5, 5.41) is 8.61. The summed E-state index contributed by atoms with van der Waals surface area (Å²) in [5.41, 5.74) is 0.887. The van der Waals surface area contributed by atoms with Crippen LogP contribution < -0.4 is 0 Å². The zero-order valence-electron chi connectivity index (χ0n) is 9.06. The molecule has 4 heteroatoms. The molecule has 0 saturated heterocycles. The maximum Gasteiger partial charge on any atom is 0.216 e.